The van der Waals surface area contributed by atoms with Crippen LogP contribution in [0.25, 0.3) is 0 Å². The van der Waals surface area contributed by atoms with E-state index in [-0.39, 0.29) is 17.6 Å². The van der Waals surface area contributed by atoms with Crippen LogP contribution in [0.1, 0.15) is 85.5 Å². The zero-order valence-corrected chi connectivity index (χ0v) is 20.6. The van der Waals surface area contributed by atoms with Gasteiger partial charge in [0.05, 0.1) is 0 Å². The van der Waals surface area contributed by atoms with Crippen molar-refractivity contribution in [3.05, 3.63) is 0 Å². The molecule has 0 aromatic carbocycles. The molecule has 0 heterocycles. The summed E-state index contributed by atoms with van der Waals surface area (Å²) in [7, 11) is 0. The molecule has 4 aliphatic rings. The van der Waals surface area contributed by atoms with Gasteiger partial charge in [-0.15, -0.1) is 0 Å². The minimum atomic E-state index is -0.0104. The van der Waals surface area contributed by atoms with E-state index < -0.39 is 0 Å². The summed E-state index contributed by atoms with van der Waals surface area (Å²) in [5.74, 6) is 3.80. The molecule has 4 aliphatic carbocycles. The maximum atomic E-state index is 11.7. The monoisotopic (exact) mass is 447 g/mol. The lowest BCUT2D eigenvalue weighted by Gasteiger charge is -2.65. The second kappa shape index (κ2) is 9.27. The number of carbonyl (C=O) groups is 2. The molecule has 4 saturated carbocycles. The number of nitrogens with two attached hydrogens (primary N) is 1. The Morgan fingerprint density at radius 1 is 0.969 bits per heavy atom. The molecule has 0 aliphatic heterocycles. The summed E-state index contributed by atoms with van der Waals surface area (Å²) < 4.78 is 11.5. The molecule has 0 amide bonds. The van der Waals surface area contributed by atoms with Crippen molar-refractivity contribution in [2.24, 2.45) is 58.0 Å². The van der Waals surface area contributed by atoms with E-state index in [9.17, 15) is 9.59 Å². The van der Waals surface area contributed by atoms with Gasteiger partial charge in [0.25, 0.3) is 12.9 Å². The van der Waals surface area contributed by atoms with Crippen LogP contribution in [0.15, 0.2) is 0 Å². The highest BCUT2D eigenvalue weighted by Crippen LogP contribution is 2.70. The van der Waals surface area contributed by atoms with Crippen molar-refractivity contribution < 1.29 is 19.1 Å². The average molecular weight is 448 g/mol. The van der Waals surface area contributed by atoms with Gasteiger partial charge in [0.1, 0.15) is 12.2 Å². The van der Waals surface area contributed by atoms with Gasteiger partial charge in [-0.3, -0.25) is 9.59 Å². The highest BCUT2D eigenvalue weighted by Gasteiger charge is 2.65. The third kappa shape index (κ3) is 3.61. The quantitative estimate of drug-likeness (QED) is 0.532. The Morgan fingerprint density at radius 3 is 2.31 bits per heavy atom. The predicted molar refractivity (Wildman–Crippen MR) is 124 cm³/mol. The molecule has 0 saturated heterocycles. The number of ether oxygens (including phenoxy) is 2. The first kappa shape index (κ1) is 24.0. The Hall–Kier alpha value is -1.10. The van der Waals surface area contributed by atoms with Crippen LogP contribution >= 0.6 is 0 Å². The van der Waals surface area contributed by atoms with Gasteiger partial charge in [-0.2, -0.15) is 0 Å². The number of carbonyl (C=O) groups excluding carboxylic acids is 2. The molecule has 32 heavy (non-hydrogen) atoms. The summed E-state index contributed by atoms with van der Waals surface area (Å²) in [5, 5.41) is 0. The van der Waals surface area contributed by atoms with Crippen LogP contribution in [0.2, 0.25) is 0 Å². The lowest BCUT2D eigenvalue weighted by atomic mass is 9.41. The number of hydrogen-bond donors (Lipinski definition) is 1. The fourth-order valence-electron chi connectivity index (χ4n) is 9.80. The first-order valence-electron chi connectivity index (χ1n) is 13.2. The standard InChI is InChI=1S/C27H45NO4/c1-5-19-23-14-18(31-15-29)8-11-27(23,4)22-9-12-26(3)20(17(2)10-13-28)6-7-21(26)24(22)25(19)32-16-30/h15-25H,5-14,28H2,1-4H3/t17-,18-,19-,20?,21+,22+,23?,24+,25-,26?,27?/m1/s1. The molecule has 11 atom stereocenters. The summed E-state index contributed by atoms with van der Waals surface area (Å²) in [5.41, 5.74) is 6.50. The van der Waals surface area contributed by atoms with Crippen LogP contribution in [0.3, 0.4) is 0 Å². The predicted octanol–water partition coefficient (Wildman–Crippen LogP) is 4.96. The van der Waals surface area contributed by atoms with Crippen LogP contribution in [-0.4, -0.2) is 31.7 Å². The second-order valence-corrected chi connectivity index (χ2v) is 12.1. The van der Waals surface area contributed by atoms with Crippen LogP contribution in [-0.2, 0) is 19.1 Å². The number of rotatable bonds is 8. The molecule has 4 unspecified atom stereocenters. The molecule has 0 aromatic rings. The van der Waals surface area contributed by atoms with Crippen molar-refractivity contribution >= 4 is 12.9 Å². The van der Waals surface area contributed by atoms with Crippen LogP contribution in [0, 0.1) is 52.3 Å². The Morgan fingerprint density at radius 2 is 1.66 bits per heavy atom. The van der Waals surface area contributed by atoms with E-state index in [1.165, 1.54) is 25.7 Å². The molecule has 0 bridgehead atoms. The SMILES string of the molecule is CC[C@@H]1C2C[C@H](OC=O)CCC2(C)[C@H]2CCC3(C)C([C@H](C)CCN)CC[C@H]3[C@@H]2[C@@H]1OC=O. The molecule has 182 valence electrons. The molecule has 5 heteroatoms. The highest BCUT2D eigenvalue weighted by molar-refractivity contribution is 5.38. The fourth-order valence-corrected chi connectivity index (χ4v) is 9.80. The van der Waals surface area contributed by atoms with Gasteiger partial charge in [-0.1, -0.05) is 27.7 Å². The molecule has 0 spiro atoms. The molecule has 2 N–H and O–H groups in total. The van der Waals surface area contributed by atoms with E-state index in [0.29, 0.717) is 53.9 Å². The van der Waals surface area contributed by atoms with Crippen LogP contribution < -0.4 is 5.73 Å². The smallest absolute Gasteiger partial charge is 0.293 e. The van der Waals surface area contributed by atoms with Crippen LogP contribution in [0.5, 0.6) is 0 Å². The Bertz CT molecular complexity index is 685. The van der Waals surface area contributed by atoms with Crippen molar-refractivity contribution in [2.45, 2.75) is 97.7 Å². The summed E-state index contributed by atoms with van der Waals surface area (Å²) in [6, 6.07) is 0. The Balaban J connectivity index is 1.69. The zero-order valence-electron chi connectivity index (χ0n) is 20.6. The lowest BCUT2D eigenvalue weighted by molar-refractivity contribution is -0.213. The number of fused-ring (bicyclic) bond motifs is 5. The molecular weight excluding hydrogens is 402 g/mol. The van der Waals surface area contributed by atoms with E-state index in [4.69, 9.17) is 15.2 Å². The normalized spacial score (nSPS) is 48.7. The zero-order chi connectivity index (χ0) is 23.1. The van der Waals surface area contributed by atoms with Gasteiger partial charge in [0.2, 0.25) is 0 Å². The molecule has 4 fully saturated rings. The third-order valence-electron chi connectivity index (χ3n) is 11.2. The molecular formula is C27H45NO4. The maximum Gasteiger partial charge on any atom is 0.293 e. The van der Waals surface area contributed by atoms with Gasteiger partial charge in [-0.25, -0.2) is 0 Å². The van der Waals surface area contributed by atoms with Gasteiger partial charge in [-0.05, 0) is 111 Å². The molecule has 5 nitrogen and oxygen atoms in total. The minimum absolute atomic E-state index is 0.00915. The van der Waals surface area contributed by atoms with E-state index in [0.717, 1.165) is 44.6 Å². The Labute approximate surface area is 194 Å². The average Bonchev–Trinajstić information content (AvgIpc) is 3.12. The Kier molecular flexibility index (Phi) is 6.96. The lowest BCUT2D eigenvalue weighted by Crippen LogP contribution is -2.62. The topological polar surface area (TPSA) is 78.6 Å². The second-order valence-electron chi connectivity index (χ2n) is 12.1. The van der Waals surface area contributed by atoms with Gasteiger partial charge in [0, 0.05) is 5.92 Å². The van der Waals surface area contributed by atoms with Gasteiger partial charge >= 0.3 is 0 Å². The first-order chi connectivity index (χ1) is 15.4. The van der Waals surface area contributed by atoms with Gasteiger partial charge in [0.15, 0.2) is 0 Å². The van der Waals surface area contributed by atoms with Crippen molar-refractivity contribution in [1.82, 2.24) is 0 Å². The summed E-state index contributed by atoms with van der Waals surface area (Å²) in [4.78, 5) is 22.8. The van der Waals surface area contributed by atoms with Crippen molar-refractivity contribution in [3.63, 3.8) is 0 Å². The van der Waals surface area contributed by atoms with Crippen molar-refractivity contribution in [2.75, 3.05) is 6.54 Å². The van der Waals surface area contributed by atoms with E-state index >= 15 is 0 Å². The molecule has 0 aromatic heterocycles. The van der Waals surface area contributed by atoms with Crippen molar-refractivity contribution in [3.8, 4) is 0 Å². The summed E-state index contributed by atoms with van der Waals surface area (Å²) in [6.45, 7) is 11.8. The van der Waals surface area contributed by atoms with Crippen LogP contribution in [0.4, 0.5) is 0 Å². The molecule has 0 radical (unpaired) electrons. The fraction of sp³-hybridized carbons (Fsp3) is 0.926. The van der Waals surface area contributed by atoms with Crippen molar-refractivity contribution in [1.29, 1.82) is 0 Å². The van der Waals surface area contributed by atoms with Gasteiger partial charge < -0.3 is 15.2 Å². The largest absolute Gasteiger partial charge is 0.465 e. The number of hydrogen-bond acceptors (Lipinski definition) is 5. The molecule has 4 rings (SSSR count). The third-order valence-corrected chi connectivity index (χ3v) is 11.2. The highest BCUT2D eigenvalue weighted by atomic mass is 16.5. The summed E-state index contributed by atoms with van der Waals surface area (Å²) in [6.07, 6.45) is 10.1. The first-order valence-corrected chi connectivity index (χ1v) is 13.2. The summed E-state index contributed by atoms with van der Waals surface area (Å²) >= 11 is 0. The minimum Gasteiger partial charge on any atom is -0.465 e. The van der Waals surface area contributed by atoms with E-state index in [2.05, 4.69) is 27.7 Å². The maximum absolute atomic E-state index is 11.7. The van der Waals surface area contributed by atoms with E-state index in [1.54, 1.807) is 0 Å². The van der Waals surface area contributed by atoms with E-state index in [1.807, 2.05) is 0 Å².